The van der Waals surface area contributed by atoms with Crippen LogP contribution in [0.1, 0.15) is 37.0 Å². The van der Waals surface area contributed by atoms with Crippen molar-refractivity contribution in [2.45, 2.75) is 26.3 Å². The molecular formula is C16H20BrNO2. The Hall–Kier alpha value is -1.26. The first-order valence-corrected chi connectivity index (χ1v) is 7.64. The summed E-state index contributed by atoms with van der Waals surface area (Å²) in [4.78, 5) is 0. The summed E-state index contributed by atoms with van der Waals surface area (Å²) >= 11 is 3.52. The van der Waals surface area contributed by atoms with Crippen LogP contribution < -0.4 is 10.1 Å². The molecule has 0 aliphatic carbocycles. The summed E-state index contributed by atoms with van der Waals surface area (Å²) in [7, 11) is 1.69. The molecule has 2 rings (SSSR count). The minimum absolute atomic E-state index is 0.00671. The van der Waals surface area contributed by atoms with Crippen LogP contribution in [0.15, 0.2) is 39.2 Å². The number of nitrogens with one attached hydrogen (secondary N) is 1. The van der Waals surface area contributed by atoms with Crippen LogP contribution in [0, 0.1) is 0 Å². The zero-order chi connectivity index (χ0) is 14.5. The van der Waals surface area contributed by atoms with Crippen molar-refractivity contribution in [3.8, 4) is 5.75 Å². The molecule has 20 heavy (non-hydrogen) atoms. The van der Waals surface area contributed by atoms with Crippen molar-refractivity contribution < 1.29 is 9.15 Å². The molecule has 0 amide bonds. The zero-order valence-corrected chi connectivity index (χ0v) is 13.7. The quantitative estimate of drug-likeness (QED) is 0.852. The van der Waals surface area contributed by atoms with E-state index in [1.807, 2.05) is 24.3 Å². The van der Waals surface area contributed by atoms with Gasteiger partial charge in [-0.1, -0.05) is 29.8 Å². The van der Waals surface area contributed by atoms with Crippen molar-refractivity contribution >= 4 is 15.9 Å². The molecule has 0 spiro atoms. The normalized spacial score (nSPS) is 12.4. The predicted molar refractivity (Wildman–Crippen MR) is 84.3 cm³/mol. The Bertz CT molecular complexity index is 565. The number of furan rings is 1. The van der Waals surface area contributed by atoms with Gasteiger partial charge in [0.25, 0.3) is 0 Å². The van der Waals surface area contributed by atoms with Crippen LogP contribution in [0.25, 0.3) is 0 Å². The van der Waals surface area contributed by atoms with E-state index in [0.29, 0.717) is 0 Å². The molecule has 108 valence electrons. The van der Waals surface area contributed by atoms with Gasteiger partial charge in [0.05, 0.1) is 13.2 Å². The Morgan fingerprint density at radius 1 is 1.25 bits per heavy atom. The maximum absolute atomic E-state index is 5.91. The molecular weight excluding hydrogens is 318 g/mol. The molecule has 1 aromatic heterocycles. The standard InChI is InChI=1S/C16H20BrNO2/c1-4-12-7-9-15(20-12)16(18-5-2)13-10-11(17)6-8-14(13)19-3/h6-10,16,18H,4-5H2,1-3H3. The van der Waals surface area contributed by atoms with E-state index in [9.17, 15) is 0 Å². The second-order valence-electron chi connectivity index (χ2n) is 4.53. The highest BCUT2D eigenvalue weighted by atomic mass is 79.9. The van der Waals surface area contributed by atoms with Crippen molar-refractivity contribution in [3.05, 3.63) is 51.9 Å². The summed E-state index contributed by atoms with van der Waals surface area (Å²) in [6, 6.07) is 10.1. The number of rotatable bonds is 6. The summed E-state index contributed by atoms with van der Waals surface area (Å²) < 4.78 is 12.4. The fraction of sp³-hybridized carbons (Fsp3) is 0.375. The number of aryl methyl sites for hydroxylation is 1. The van der Waals surface area contributed by atoms with E-state index >= 15 is 0 Å². The van der Waals surface area contributed by atoms with E-state index in [2.05, 4.69) is 41.2 Å². The number of benzene rings is 1. The van der Waals surface area contributed by atoms with Gasteiger partial charge in [0.2, 0.25) is 0 Å². The van der Waals surface area contributed by atoms with Crippen molar-refractivity contribution in [1.82, 2.24) is 5.32 Å². The van der Waals surface area contributed by atoms with Gasteiger partial charge in [-0.25, -0.2) is 0 Å². The SMILES string of the molecule is CCNC(c1ccc(CC)o1)c1cc(Br)ccc1OC. The highest BCUT2D eigenvalue weighted by Crippen LogP contribution is 2.33. The fourth-order valence-corrected chi connectivity index (χ4v) is 2.62. The third-order valence-electron chi connectivity index (χ3n) is 3.23. The maximum Gasteiger partial charge on any atom is 0.125 e. The van der Waals surface area contributed by atoms with Gasteiger partial charge >= 0.3 is 0 Å². The molecule has 0 fully saturated rings. The molecule has 1 heterocycles. The third-order valence-corrected chi connectivity index (χ3v) is 3.72. The van der Waals surface area contributed by atoms with Gasteiger partial charge in [-0.15, -0.1) is 0 Å². The van der Waals surface area contributed by atoms with Crippen LogP contribution in [0.2, 0.25) is 0 Å². The number of halogens is 1. The molecule has 4 heteroatoms. The molecule has 0 aliphatic heterocycles. The highest BCUT2D eigenvalue weighted by Gasteiger charge is 2.21. The lowest BCUT2D eigenvalue weighted by Gasteiger charge is -2.19. The lowest BCUT2D eigenvalue weighted by molar-refractivity contribution is 0.388. The van der Waals surface area contributed by atoms with E-state index in [0.717, 1.165) is 40.3 Å². The first-order chi connectivity index (χ1) is 9.69. The average molecular weight is 338 g/mol. The minimum Gasteiger partial charge on any atom is -0.496 e. The van der Waals surface area contributed by atoms with E-state index in [4.69, 9.17) is 9.15 Å². The van der Waals surface area contributed by atoms with Crippen molar-refractivity contribution in [3.63, 3.8) is 0 Å². The van der Waals surface area contributed by atoms with Crippen molar-refractivity contribution in [2.24, 2.45) is 0 Å². The van der Waals surface area contributed by atoms with Crippen LogP contribution >= 0.6 is 15.9 Å². The summed E-state index contributed by atoms with van der Waals surface area (Å²) in [6.45, 7) is 5.02. The van der Waals surface area contributed by atoms with Gasteiger partial charge in [0, 0.05) is 16.5 Å². The molecule has 2 aromatic rings. The maximum atomic E-state index is 5.91. The van der Waals surface area contributed by atoms with Crippen LogP contribution in [-0.4, -0.2) is 13.7 Å². The molecule has 3 nitrogen and oxygen atoms in total. The molecule has 1 unspecified atom stereocenters. The molecule has 0 saturated carbocycles. The number of hydrogen-bond acceptors (Lipinski definition) is 3. The Kier molecular flexibility index (Phi) is 5.26. The largest absolute Gasteiger partial charge is 0.496 e. The highest BCUT2D eigenvalue weighted by molar-refractivity contribution is 9.10. The van der Waals surface area contributed by atoms with Gasteiger partial charge in [-0.2, -0.15) is 0 Å². The van der Waals surface area contributed by atoms with Crippen molar-refractivity contribution in [2.75, 3.05) is 13.7 Å². The smallest absolute Gasteiger partial charge is 0.125 e. The monoisotopic (exact) mass is 337 g/mol. The molecule has 0 bridgehead atoms. The molecule has 0 radical (unpaired) electrons. The first kappa shape index (κ1) is 15.1. The van der Waals surface area contributed by atoms with E-state index in [1.54, 1.807) is 7.11 Å². The molecule has 1 atom stereocenters. The van der Waals surface area contributed by atoms with Crippen molar-refractivity contribution in [1.29, 1.82) is 0 Å². The average Bonchev–Trinajstić information content (AvgIpc) is 2.93. The minimum atomic E-state index is -0.00671. The van der Waals surface area contributed by atoms with Crippen LogP contribution in [0.3, 0.4) is 0 Å². The fourth-order valence-electron chi connectivity index (χ4n) is 2.24. The summed E-state index contributed by atoms with van der Waals surface area (Å²) in [5.74, 6) is 2.77. The molecule has 0 saturated heterocycles. The summed E-state index contributed by atoms with van der Waals surface area (Å²) in [5, 5.41) is 3.46. The van der Waals surface area contributed by atoms with Crippen LogP contribution in [-0.2, 0) is 6.42 Å². The van der Waals surface area contributed by atoms with E-state index in [-0.39, 0.29) is 6.04 Å². The Morgan fingerprint density at radius 3 is 2.65 bits per heavy atom. The zero-order valence-electron chi connectivity index (χ0n) is 12.1. The van der Waals surface area contributed by atoms with Crippen LogP contribution in [0.4, 0.5) is 0 Å². The predicted octanol–water partition coefficient (Wildman–Crippen LogP) is 4.31. The van der Waals surface area contributed by atoms with Crippen LogP contribution in [0.5, 0.6) is 5.75 Å². The third kappa shape index (κ3) is 3.25. The summed E-state index contributed by atoms with van der Waals surface area (Å²) in [6.07, 6.45) is 0.897. The van der Waals surface area contributed by atoms with Gasteiger partial charge in [-0.05, 0) is 36.9 Å². The van der Waals surface area contributed by atoms with Gasteiger partial charge < -0.3 is 14.5 Å². The van der Waals surface area contributed by atoms with Gasteiger partial charge in [-0.3, -0.25) is 0 Å². The Labute approximate surface area is 128 Å². The number of hydrogen-bond donors (Lipinski definition) is 1. The van der Waals surface area contributed by atoms with E-state index in [1.165, 1.54) is 0 Å². The second kappa shape index (κ2) is 6.95. The van der Waals surface area contributed by atoms with E-state index < -0.39 is 0 Å². The lowest BCUT2D eigenvalue weighted by Crippen LogP contribution is -2.22. The van der Waals surface area contributed by atoms with Gasteiger partial charge in [0.1, 0.15) is 17.3 Å². The Balaban J connectivity index is 2.44. The number of ether oxygens (including phenoxy) is 1. The topological polar surface area (TPSA) is 34.4 Å². The summed E-state index contributed by atoms with van der Waals surface area (Å²) in [5.41, 5.74) is 1.07. The molecule has 1 N–H and O–H groups in total. The van der Waals surface area contributed by atoms with Gasteiger partial charge in [0.15, 0.2) is 0 Å². The lowest BCUT2D eigenvalue weighted by atomic mass is 10.0. The Morgan fingerprint density at radius 2 is 2.05 bits per heavy atom. The molecule has 1 aromatic carbocycles. The number of methoxy groups -OCH3 is 1. The molecule has 0 aliphatic rings. The first-order valence-electron chi connectivity index (χ1n) is 6.85. The second-order valence-corrected chi connectivity index (χ2v) is 5.45.